The zero-order chi connectivity index (χ0) is 24.0. The Balaban J connectivity index is 1.33. The summed E-state index contributed by atoms with van der Waals surface area (Å²) in [5.74, 6) is -0.168. The lowest BCUT2D eigenvalue weighted by molar-refractivity contribution is -0.137. The molecule has 0 saturated carbocycles. The summed E-state index contributed by atoms with van der Waals surface area (Å²) in [7, 11) is 0. The number of hydrogen-bond acceptors (Lipinski definition) is 4. The van der Waals surface area contributed by atoms with Gasteiger partial charge in [-0.1, -0.05) is 60.3 Å². The molecular weight excluding hydrogens is 461 g/mol. The molecule has 0 spiro atoms. The molecule has 0 saturated heterocycles. The third-order valence-electron chi connectivity index (χ3n) is 5.08. The average molecular weight is 483 g/mol. The molecule has 174 valence electrons. The molecule has 1 amide bonds. The maximum Gasteiger partial charge on any atom is 0.417 e. The van der Waals surface area contributed by atoms with Crippen molar-refractivity contribution in [3.63, 3.8) is 0 Å². The summed E-state index contributed by atoms with van der Waals surface area (Å²) in [6, 6.07) is 20.1. The van der Waals surface area contributed by atoms with Gasteiger partial charge in [0.1, 0.15) is 0 Å². The second-order valence-electron chi connectivity index (χ2n) is 7.51. The molecule has 9 heteroatoms. The van der Waals surface area contributed by atoms with Crippen molar-refractivity contribution in [1.82, 2.24) is 20.1 Å². The number of carbonyl (C=O) groups is 1. The summed E-state index contributed by atoms with van der Waals surface area (Å²) < 4.78 is 39.8. The van der Waals surface area contributed by atoms with E-state index in [0.717, 1.165) is 46.3 Å². The molecule has 0 unspecified atom stereocenters. The van der Waals surface area contributed by atoms with E-state index in [1.54, 1.807) is 6.20 Å². The van der Waals surface area contributed by atoms with E-state index >= 15 is 0 Å². The molecule has 0 aliphatic carbocycles. The van der Waals surface area contributed by atoms with Crippen LogP contribution in [0, 0.1) is 0 Å². The van der Waals surface area contributed by atoms with E-state index in [0.29, 0.717) is 18.1 Å². The highest BCUT2D eigenvalue weighted by Gasteiger charge is 2.30. The van der Waals surface area contributed by atoms with Gasteiger partial charge in [-0.25, -0.2) is 4.98 Å². The third kappa shape index (κ3) is 6.26. The second kappa shape index (κ2) is 10.6. The van der Waals surface area contributed by atoms with Gasteiger partial charge in [-0.05, 0) is 40.5 Å². The molecular formula is C25H21F3N4OS. The van der Waals surface area contributed by atoms with Gasteiger partial charge in [0.2, 0.25) is 5.91 Å². The summed E-state index contributed by atoms with van der Waals surface area (Å²) in [6.45, 7) is 1.03. The van der Waals surface area contributed by atoms with Gasteiger partial charge in [-0.3, -0.25) is 9.48 Å². The average Bonchev–Trinajstić information content (AvgIpc) is 3.35. The first-order chi connectivity index (χ1) is 16.4. The Bertz CT molecular complexity index is 1220. The van der Waals surface area contributed by atoms with Crippen molar-refractivity contribution >= 4 is 17.7 Å². The summed E-state index contributed by atoms with van der Waals surface area (Å²) >= 11 is 1.09. The number of hydrogen-bond donors (Lipinski definition) is 1. The van der Waals surface area contributed by atoms with Gasteiger partial charge in [-0.15, -0.1) is 0 Å². The predicted octanol–water partition coefficient (Wildman–Crippen LogP) is 5.42. The minimum atomic E-state index is -4.43. The fourth-order valence-electron chi connectivity index (χ4n) is 3.34. The number of halogens is 3. The molecule has 2 aromatic carbocycles. The van der Waals surface area contributed by atoms with Crippen LogP contribution in [0.15, 0.2) is 90.3 Å². The quantitative estimate of drug-likeness (QED) is 0.341. The molecule has 2 heterocycles. The number of rotatable bonds is 8. The van der Waals surface area contributed by atoms with Crippen molar-refractivity contribution in [3.8, 4) is 11.1 Å². The Morgan fingerprint density at radius 1 is 1.00 bits per heavy atom. The second-order valence-corrected chi connectivity index (χ2v) is 8.50. The van der Waals surface area contributed by atoms with E-state index in [2.05, 4.69) is 27.5 Å². The first-order valence-corrected chi connectivity index (χ1v) is 11.4. The van der Waals surface area contributed by atoms with E-state index < -0.39 is 11.7 Å². The normalized spacial score (nSPS) is 11.4. The molecule has 0 aliphatic rings. The van der Waals surface area contributed by atoms with E-state index in [1.165, 1.54) is 6.07 Å². The summed E-state index contributed by atoms with van der Waals surface area (Å²) in [6.07, 6.45) is 0.00708. The van der Waals surface area contributed by atoms with Gasteiger partial charge in [-0.2, -0.15) is 18.3 Å². The SMILES string of the molecule is O=C(CSc1ccc(C(F)(F)F)cn1)NCc1ccccc1-c1ccc(Cn2cccn2)cc1. The van der Waals surface area contributed by atoms with Crippen LogP contribution in [-0.2, 0) is 24.1 Å². The summed E-state index contributed by atoms with van der Waals surface area (Å²) in [5.41, 5.74) is 3.34. The summed E-state index contributed by atoms with van der Waals surface area (Å²) in [4.78, 5) is 16.1. The maximum absolute atomic E-state index is 12.6. The molecule has 1 N–H and O–H groups in total. The van der Waals surface area contributed by atoms with Crippen molar-refractivity contribution < 1.29 is 18.0 Å². The van der Waals surface area contributed by atoms with Gasteiger partial charge in [0.25, 0.3) is 0 Å². The van der Waals surface area contributed by atoms with E-state index in [9.17, 15) is 18.0 Å². The highest BCUT2D eigenvalue weighted by molar-refractivity contribution is 7.99. The Morgan fingerprint density at radius 2 is 1.79 bits per heavy atom. The first kappa shape index (κ1) is 23.6. The molecule has 0 radical (unpaired) electrons. The molecule has 0 fully saturated rings. The Morgan fingerprint density at radius 3 is 2.47 bits per heavy atom. The van der Waals surface area contributed by atoms with Gasteiger partial charge in [0.05, 0.1) is 22.9 Å². The van der Waals surface area contributed by atoms with Crippen molar-refractivity contribution in [1.29, 1.82) is 0 Å². The zero-order valence-corrected chi connectivity index (χ0v) is 18.8. The number of benzene rings is 2. The number of nitrogens with one attached hydrogen (secondary N) is 1. The number of nitrogens with zero attached hydrogens (tertiary/aromatic N) is 3. The number of amides is 1. The topological polar surface area (TPSA) is 59.8 Å². The lowest BCUT2D eigenvalue weighted by Crippen LogP contribution is -2.24. The van der Waals surface area contributed by atoms with Crippen molar-refractivity contribution in [2.45, 2.75) is 24.3 Å². The van der Waals surface area contributed by atoms with Crippen LogP contribution in [-0.4, -0.2) is 26.4 Å². The monoisotopic (exact) mass is 482 g/mol. The van der Waals surface area contributed by atoms with Gasteiger partial charge in [0.15, 0.2) is 0 Å². The first-order valence-electron chi connectivity index (χ1n) is 10.5. The van der Waals surface area contributed by atoms with Crippen LogP contribution >= 0.6 is 11.8 Å². The molecule has 4 rings (SSSR count). The van der Waals surface area contributed by atoms with Crippen LogP contribution < -0.4 is 5.32 Å². The van der Waals surface area contributed by atoms with E-state index in [-0.39, 0.29) is 11.7 Å². The fourth-order valence-corrected chi connectivity index (χ4v) is 4.02. The van der Waals surface area contributed by atoms with Crippen molar-refractivity contribution in [2.75, 3.05) is 5.75 Å². The fraction of sp³-hybridized carbons (Fsp3) is 0.160. The minimum Gasteiger partial charge on any atom is -0.351 e. The van der Waals surface area contributed by atoms with Gasteiger partial charge in [0, 0.05) is 25.1 Å². The molecule has 4 aromatic rings. The smallest absolute Gasteiger partial charge is 0.351 e. The third-order valence-corrected chi connectivity index (χ3v) is 6.02. The van der Waals surface area contributed by atoms with Crippen LogP contribution in [0.2, 0.25) is 0 Å². The Kier molecular flexibility index (Phi) is 7.32. The lowest BCUT2D eigenvalue weighted by atomic mass is 9.98. The van der Waals surface area contributed by atoms with E-state index in [1.807, 2.05) is 53.3 Å². The van der Waals surface area contributed by atoms with Crippen LogP contribution in [0.1, 0.15) is 16.7 Å². The highest BCUT2D eigenvalue weighted by Crippen LogP contribution is 2.29. The minimum absolute atomic E-state index is 0.0582. The number of thioether (sulfide) groups is 1. The van der Waals surface area contributed by atoms with E-state index in [4.69, 9.17) is 0 Å². The highest BCUT2D eigenvalue weighted by atomic mass is 32.2. The predicted molar refractivity (Wildman–Crippen MR) is 125 cm³/mol. The van der Waals surface area contributed by atoms with Crippen LogP contribution in [0.4, 0.5) is 13.2 Å². The number of pyridine rings is 1. The standard InChI is InChI=1S/C25H21F3N4OS/c26-25(27,28)21-10-11-24(30-15-21)34-17-23(33)29-14-20-4-1-2-5-22(20)19-8-6-18(7-9-19)16-32-13-3-12-31-32/h1-13,15H,14,16-17H2,(H,29,33). The van der Waals surface area contributed by atoms with Gasteiger partial charge < -0.3 is 5.32 Å². The molecule has 34 heavy (non-hydrogen) atoms. The Hall–Kier alpha value is -3.59. The van der Waals surface area contributed by atoms with Crippen LogP contribution in [0.3, 0.4) is 0 Å². The molecule has 2 aromatic heterocycles. The molecule has 0 atom stereocenters. The molecule has 0 bridgehead atoms. The van der Waals surface area contributed by atoms with Crippen molar-refractivity contribution in [3.05, 3.63) is 102 Å². The van der Waals surface area contributed by atoms with Gasteiger partial charge >= 0.3 is 6.18 Å². The van der Waals surface area contributed by atoms with Crippen LogP contribution in [0.25, 0.3) is 11.1 Å². The van der Waals surface area contributed by atoms with Crippen LogP contribution in [0.5, 0.6) is 0 Å². The number of alkyl halides is 3. The maximum atomic E-state index is 12.6. The summed E-state index contributed by atoms with van der Waals surface area (Å²) in [5, 5.41) is 7.46. The largest absolute Gasteiger partial charge is 0.417 e. The zero-order valence-electron chi connectivity index (χ0n) is 18.0. The number of carbonyl (C=O) groups excluding carboxylic acids is 1. The van der Waals surface area contributed by atoms with Crippen molar-refractivity contribution in [2.24, 2.45) is 0 Å². The lowest BCUT2D eigenvalue weighted by Gasteiger charge is -2.12. The number of aromatic nitrogens is 3. The Labute approximate surface area is 199 Å². The molecule has 0 aliphatic heterocycles. The molecule has 5 nitrogen and oxygen atoms in total.